The zero-order chi connectivity index (χ0) is 14.0. The summed E-state index contributed by atoms with van der Waals surface area (Å²) >= 11 is 0. The van der Waals surface area contributed by atoms with Gasteiger partial charge in [-0.25, -0.2) is 13.1 Å². The molecule has 2 N–H and O–H groups in total. The first kappa shape index (κ1) is 16.2. The second kappa shape index (κ2) is 6.75. The number of halogens is 1. The Labute approximate surface area is 131 Å². The van der Waals surface area contributed by atoms with Gasteiger partial charge in [0.1, 0.15) is 0 Å². The fourth-order valence-electron chi connectivity index (χ4n) is 2.56. The maximum Gasteiger partial charge on any atom is 0.240 e. The molecule has 2 aromatic carbocycles. The molecule has 0 amide bonds. The molecule has 3 rings (SSSR count). The van der Waals surface area contributed by atoms with Crippen LogP contribution in [0.15, 0.2) is 47.4 Å². The van der Waals surface area contributed by atoms with Gasteiger partial charge in [-0.15, -0.1) is 12.4 Å². The molecule has 21 heavy (non-hydrogen) atoms. The van der Waals surface area contributed by atoms with Crippen molar-refractivity contribution in [2.75, 3.05) is 13.1 Å². The predicted molar refractivity (Wildman–Crippen MR) is 87.4 cm³/mol. The second-order valence-electron chi connectivity index (χ2n) is 5.15. The summed E-state index contributed by atoms with van der Waals surface area (Å²) in [4.78, 5) is 0.342. The van der Waals surface area contributed by atoms with Gasteiger partial charge >= 0.3 is 0 Å². The van der Waals surface area contributed by atoms with E-state index in [9.17, 15) is 8.42 Å². The van der Waals surface area contributed by atoms with Crippen molar-refractivity contribution in [1.82, 2.24) is 10.0 Å². The maximum absolute atomic E-state index is 12.4. The van der Waals surface area contributed by atoms with Crippen molar-refractivity contribution in [2.45, 2.75) is 23.8 Å². The number of nitrogens with one attached hydrogen (secondary N) is 2. The molecule has 0 aliphatic carbocycles. The SMILES string of the molecule is Cl.O=S(=O)(NC1CCNCC1)c1ccc2ccccc2c1. The van der Waals surface area contributed by atoms with Crippen molar-refractivity contribution < 1.29 is 8.42 Å². The van der Waals surface area contributed by atoms with Crippen LogP contribution >= 0.6 is 12.4 Å². The van der Waals surface area contributed by atoms with Crippen LogP contribution in [0.2, 0.25) is 0 Å². The molecule has 0 aromatic heterocycles. The monoisotopic (exact) mass is 326 g/mol. The summed E-state index contributed by atoms with van der Waals surface area (Å²) in [5.41, 5.74) is 0. The van der Waals surface area contributed by atoms with Gasteiger partial charge < -0.3 is 5.32 Å². The molecule has 0 radical (unpaired) electrons. The average Bonchev–Trinajstić information content (AvgIpc) is 2.47. The van der Waals surface area contributed by atoms with Crippen molar-refractivity contribution >= 4 is 33.2 Å². The van der Waals surface area contributed by atoms with Crippen LogP contribution in [0.1, 0.15) is 12.8 Å². The largest absolute Gasteiger partial charge is 0.317 e. The first-order chi connectivity index (χ1) is 9.65. The molecule has 1 aliphatic heterocycles. The highest BCUT2D eigenvalue weighted by Crippen LogP contribution is 2.19. The van der Waals surface area contributed by atoms with Crippen molar-refractivity contribution in [1.29, 1.82) is 0 Å². The number of sulfonamides is 1. The molecule has 0 saturated carbocycles. The summed E-state index contributed by atoms with van der Waals surface area (Å²) in [5.74, 6) is 0. The van der Waals surface area contributed by atoms with Crippen LogP contribution in [-0.2, 0) is 10.0 Å². The van der Waals surface area contributed by atoms with Crippen LogP contribution in [0.5, 0.6) is 0 Å². The third-order valence-electron chi connectivity index (χ3n) is 3.69. The van der Waals surface area contributed by atoms with Gasteiger partial charge in [-0.3, -0.25) is 0 Å². The molecule has 1 aliphatic rings. The van der Waals surface area contributed by atoms with Crippen molar-refractivity contribution in [3.63, 3.8) is 0 Å². The summed E-state index contributed by atoms with van der Waals surface area (Å²) in [7, 11) is -3.43. The Bertz CT molecular complexity index is 712. The Morgan fingerprint density at radius 2 is 1.67 bits per heavy atom. The van der Waals surface area contributed by atoms with E-state index in [1.54, 1.807) is 12.1 Å². The Hall–Kier alpha value is -1.14. The summed E-state index contributed by atoms with van der Waals surface area (Å²) in [6, 6.07) is 13.1. The Balaban J connectivity index is 0.00000161. The molecule has 0 atom stereocenters. The molecular formula is C15H19ClN2O2S. The number of hydrogen-bond acceptors (Lipinski definition) is 3. The quantitative estimate of drug-likeness (QED) is 0.910. The predicted octanol–water partition coefficient (Wildman–Crippen LogP) is 2.29. The molecule has 2 aromatic rings. The highest BCUT2D eigenvalue weighted by atomic mass is 35.5. The van der Waals surface area contributed by atoms with E-state index in [1.165, 1.54) is 0 Å². The standard InChI is InChI=1S/C15H18N2O2S.ClH/c18-20(19,17-14-7-9-16-10-8-14)15-6-5-12-3-1-2-4-13(12)11-15;/h1-6,11,14,16-17H,7-10H2;1H. The van der Waals surface area contributed by atoms with Gasteiger partial charge in [-0.05, 0) is 48.8 Å². The van der Waals surface area contributed by atoms with Crippen LogP contribution in [0.25, 0.3) is 10.8 Å². The first-order valence-electron chi connectivity index (χ1n) is 6.87. The normalized spacial score (nSPS) is 16.6. The summed E-state index contributed by atoms with van der Waals surface area (Å²) in [5, 5.41) is 5.22. The van der Waals surface area contributed by atoms with Crippen molar-refractivity contribution in [3.8, 4) is 0 Å². The average molecular weight is 327 g/mol. The smallest absolute Gasteiger partial charge is 0.240 e. The molecule has 0 unspecified atom stereocenters. The third kappa shape index (κ3) is 3.74. The lowest BCUT2D eigenvalue weighted by molar-refractivity contribution is 0.427. The zero-order valence-electron chi connectivity index (χ0n) is 11.6. The van der Waals surface area contributed by atoms with Gasteiger partial charge in [-0.1, -0.05) is 30.3 Å². The van der Waals surface area contributed by atoms with Crippen LogP contribution in [0, 0.1) is 0 Å². The minimum atomic E-state index is -3.43. The highest BCUT2D eigenvalue weighted by Gasteiger charge is 2.21. The van der Waals surface area contributed by atoms with E-state index in [4.69, 9.17) is 0 Å². The van der Waals surface area contributed by atoms with Gasteiger partial charge in [0.15, 0.2) is 0 Å². The second-order valence-corrected chi connectivity index (χ2v) is 6.87. The van der Waals surface area contributed by atoms with Crippen molar-refractivity contribution in [2.24, 2.45) is 0 Å². The van der Waals surface area contributed by atoms with Crippen LogP contribution in [0.4, 0.5) is 0 Å². The maximum atomic E-state index is 12.4. The minimum Gasteiger partial charge on any atom is -0.317 e. The molecule has 1 fully saturated rings. The van der Waals surface area contributed by atoms with Gasteiger partial charge in [0.25, 0.3) is 0 Å². The molecule has 6 heteroatoms. The van der Waals surface area contributed by atoms with E-state index < -0.39 is 10.0 Å². The molecule has 1 saturated heterocycles. The Morgan fingerprint density at radius 1 is 1.00 bits per heavy atom. The summed E-state index contributed by atoms with van der Waals surface area (Å²) in [6.45, 7) is 1.73. The molecular weight excluding hydrogens is 308 g/mol. The van der Waals surface area contributed by atoms with Crippen LogP contribution in [0.3, 0.4) is 0 Å². The lowest BCUT2D eigenvalue weighted by Crippen LogP contribution is -2.42. The van der Waals surface area contributed by atoms with Crippen molar-refractivity contribution in [3.05, 3.63) is 42.5 Å². The van der Waals surface area contributed by atoms with Gasteiger partial charge in [-0.2, -0.15) is 0 Å². The Kier molecular flexibility index (Phi) is 5.22. The summed E-state index contributed by atoms with van der Waals surface area (Å²) in [6.07, 6.45) is 1.68. The topological polar surface area (TPSA) is 58.2 Å². The molecule has 0 spiro atoms. The number of hydrogen-bond donors (Lipinski definition) is 2. The minimum absolute atomic E-state index is 0. The van der Waals surface area contributed by atoms with Gasteiger partial charge in [0.05, 0.1) is 4.90 Å². The van der Waals surface area contributed by atoms with E-state index in [2.05, 4.69) is 10.0 Å². The van der Waals surface area contributed by atoms with Gasteiger partial charge in [0.2, 0.25) is 10.0 Å². The molecule has 114 valence electrons. The molecule has 0 bridgehead atoms. The van der Waals surface area contributed by atoms with Gasteiger partial charge in [0, 0.05) is 6.04 Å². The van der Waals surface area contributed by atoms with Crippen LogP contribution in [-0.4, -0.2) is 27.5 Å². The van der Waals surface area contributed by atoms with E-state index in [0.717, 1.165) is 36.7 Å². The molecule has 4 nitrogen and oxygen atoms in total. The number of benzene rings is 2. The number of fused-ring (bicyclic) bond motifs is 1. The lowest BCUT2D eigenvalue weighted by atomic mass is 10.1. The van der Waals surface area contributed by atoms with E-state index in [1.807, 2.05) is 30.3 Å². The van der Waals surface area contributed by atoms with E-state index in [0.29, 0.717) is 4.90 Å². The van der Waals surface area contributed by atoms with E-state index in [-0.39, 0.29) is 18.4 Å². The third-order valence-corrected chi connectivity index (χ3v) is 5.21. The highest BCUT2D eigenvalue weighted by molar-refractivity contribution is 7.89. The zero-order valence-corrected chi connectivity index (χ0v) is 13.2. The number of piperidine rings is 1. The number of rotatable bonds is 3. The fraction of sp³-hybridized carbons (Fsp3) is 0.333. The lowest BCUT2D eigenvalue weighted by Gasteiger charge is -2.23. The Morgan fingerprint density at radius 3 is 2.38 bits per heavy atom. The van der Waals surface area contributed by atoms with Crippen LogP contribution < -0.4 is 10.0 Å². The van der Waals surface area contributed by atoms with E-state index >= 15 is 0 Å². The fourth-order valence-corrected chi connectivity index (χ4v) is 3.90. The first-order valence-corrected chi connectivity index (χ1v) is 8.35. The summed E-state index contributed by atoms with van der Waals surface area (Å²) < 4.78 is 27.6. The molecule has 1 heterocycles.